The highest BCUT2D eigenvalue weighted by Crippen LogP contribution is 2.27. The lowest BCUT2D eigenvalue weighted by Crippen LogP contribution is -2.13. The highest BCUT2D eigenvalue weighted by molar-refractivity contribution is 9.10. The molecule has 0 radical (unpaired) electrons. The smallest absolute Gasteiger partial charge is 0.258 e. The number of rotatable bonds is 5. The molecule has 1 amide bonds. The van der Waals surface area contributed by atoms with Crippen LogP contribution in [0.2, 0.25) is 0 Å². The van der Waals surface area contributed by atoms with Gasteiger partial charge in [0.2, 0.25) is 0 Å². The quantitative estimate of drug-likeness (QED) is 0.495. The highest BCUT2D eigenvalue weighted by Gasteiger charge is 2.12. The van der Waals surface area contributed by atoms with E-state index in [1.165, 1.54) is 0 Å². The zero-order chi connectivity index (χ0) is 14.4. The van der Waals surface area contributed by atoms with Crippen molar-refractivity contribution in [2.75, 3.05) is 11.1 Å². The van der Waals surface area contributed by atoms with Crippen molar-refractivity contribution in [2.24, 2.45) is 0 Å². The third-order valence-electron chi connectivity index (χ3n) is 2.50. The Balaban J connectivity index is 2.20. The normalized spacial score (nSPS) is 10.1. The molecule has 1 N–H and O–H groups in total. The molecule has 102 valence electrons. The Kier molecular flexibility index (Phi) is 5.38. The Morgan fingerprint density at radius 3 is 2.90 bits per heavy atom. The van der Waals surface area contributed by atoms with E-state index in [2.05, 4.69) is 32.8 Å². The predicted octanol–water partition coefficient (Wildman–Crippen LogP) is 4.37. The first kappa shape index (κ1) is 14.8. The Morgan fingerprint density at radius 2 is 2.15 bits per heavy atom. The molecule has 0 atom stereocenters. The predicted molar refractivity (Wildman–Crippen MR) is 87.3 cm³/mol. The van der Waals surface area contributed by atoms with E-state index in [1.54, 1.807) is 30.1 Å². The lowest BCUT2D eigenvalue weighted by Gasteiger charge is -2.10. The monoisotopic (exact) mass is 348 g/mol. The van der Waals surface area contributed by atoms with Crippen molar-refractivity contribution in [3.63, 3.8) is 0 Å². The maximum atomic E-state index is 12.3. The van der Waals surface area contributed by atoms with E-state index in [0.29, 0.717) is 10.2 Å². The molecule has 1 aromatic carbocycles. The molecule has 0 saturated carbocycles. The first-order chi connectivity index (χ1) is 9.72. The number of nitrogens with zero attached hydrogens (tertiary/aromatic N) is 1. The van der Waals surface area contributed by atoms with Gasteiger partial charge in [-0.25, -0.2) is 4.98 Å². The standard InChI is InChI=1S/C15H13BrN2OS/c1-2-10-20-13-8-4-3-7-12(13)18-15(19)11-6-5-9-17-14(11)16/h2-9H,1,10H2,(H,18,19). The Morgan fingerprint density at radius 1 is 1.35 bits per heavy atom. The maximum absolute atomic E-state index is 12.3. The third kappa shape index (κ3) is 3.71. The van der Waals surface area contributed by atoms with E-state index in [4.69, 9.17) is 0 Å². The van der Waals surface area contributed by atoms with Gasteiger partial charge in [0.05, 0.1) is 11.3 Å². The van der Waals surface area contributed by atoms with Crippen molar-refractivity contribution in [3.05, 3.63) is 65.4 Å². The second-order valence-electron chi connectivity index (χ2n) is 3.89. The zero-order valence-electron chi connectivity index (χ0n) is 10.7. The lowest BCUT2D eigenvalue weighted by molar-refractivity contribution is 0.102. The molecule has 0 aliphatic carbocycles. The molecule has 0 fully saturated rings. The van der Waals surface area contributed by atoms with Gasteiger partial charge >= 0.3 is 0 Å². The van der Waals surface area contributed by atoms with Crippen LogP contribution >= 0.6 is 27.7 Å². The number of pyridine rings is 1. The molecule has 0 spiro atoms. The molecule has 0 unspecified atom stereocenters. The van der Waals surface area contributed by atoms with Crippen molar-refractivity contribution < 1.29 is 4.79 Å². The summed E-state index contributed by atoms with van der Waals surface area (Å²) in [4.78, 5) is 17.3. The second-order valence-corrected chi connectivity index (χ2v) is 5.70. The molecule has 1 heterocycles. The first-order valence-electron chi connectivity index (χ1n) is 5.97. The van der Waals surface area contributed by atoms with Crippen LogP contribution in [0.4, 0.5) is 5.69 Å². The zero-order valence-corrected chi connectivity index (χ0v) is 13.1. The van der Waals surface area contributed by atoms with Crippen LogP contribution in [0.15, 0.2) is 64.7 Å². The van der Waals surface area contributed by atoms with Gasteiger partial charge < -0.3 is 5.32 Å². The van der Waals surface area contributed by atoms with Gasteiger partial charge in [-0.1, -0.05) is 18.2 Å². The average molecular weight is 349 g/mol. The molecule has 20 heavy (non-hydrogen) atoms. The number of halogens is 1. The second kappa shape index (κ2) is 7.26. The van der Waals surface area contributed by atoms with Crippen LogP contribution in [-0.4, -0.2) is 16.6 Å². The SMILES string of the molecule is C=CCSc1ccccc1NC(=O)c1cccnc1Br. The number of hydrogen-bond donors (Lipinski definition) is 1. The summed E-state index contributed by atoms with van der Waals surface area (Å²) in [5.41, 5.74) is 1.30. The Hall–Kier alpha value is -1.59. The largest absolute Gasteiger partial charge is 0.321 e. The summed E-state index contributed by atoms with van der Waals surface area (Å²) < 4.78 is 0.536. The molecule has 0 bridgehead atoms. The van der Waals surface area contributed by atoms with Gasteiger partial charge in [-0.2, -0.15) is 0 Å². The molecule has 0 saturated heterocycles. The topological polar surface area (TPSA) is 42.0 Å². The van der Waals surface area contributed by atoms with E-state index in [-0.39, 0.29) is 5.91 Å². The summed E-state index contributed by atoms with van der Waals surface area (Å²) in [6.45, 7) is 3.70. The first-order valence-corrected chi connectivity index (χ1v) is 7.75. The number of carbonyl (C=O) groups excluding carboxylic acids is 1. The number of thioether (sulfide) groups is 1. The third-order valence-corrected chi connectivity index (χ3v) is 4.20. The van der Waals surface area contributed by atoms with Crippen molar-refractivity contribution in [2.45, 2.75) is 4.90 Å². The summed E-state index contributed by atoms with van der Waals surface area (Å²) >= 11 is 4.91. The van der Waals surface area contributed by atoms with Gasteiger partial charge in [-0.3, -0.25) is 4.79 Å². The van der Waals surface area contributed by atoms with Crippen LogP contribution in [0.5, 0.6) is 0 Å². The Bertz CT molecular complexity index is 631. The number of hydrogen-bond acceptors (Lipinski definition) is 3. The van der Waals surface area contributed by atoms with Crippen LogP contribution < -0.4 is 5.32 Å². The fraction of sp³-hybridized carbons (Fsp3) is 0.0667. The van der Waals surface area contributed by atoms with Crippen molar-refractivity contribution in [1.29, 1.82) is 0 Å². The fourth-order valence-electron chi connectivity index (χ4n) is 1.59. The maximum Gasteiger partial charge on any atom is 0.258 e. The summed E-state index contributed by atoms with van der Waals surface area (Å²) in [6.07, 6.45) is 3.47. The number of aromatic nitrogens is 1. The molecule has 3 nitrogen and oxygen atoms in total. The van der Waals surface area contributed by atoms with Gasteiger partial charge in [0.15, 0.2) is 0 Å². The van der Waals surface area contributed by atoms with E-state index >= 15 is 0 Å². The summed E-state index contributed by atoms with van der Waals surface area (Å²) in [5.74, 6) is 0.611. The minimum Gasteiger partial charge on any atom is -0.321 e. The van der Waals surface area contributed by atoms with Crippen LogP contribution in [0, 0.1) is 0 Å². The van der Waals surface area contributed by atoms with Crippen molar-refractivity contribution in [3.8, 4) is 0 Å². The number of benzene rings is 1. The minimum atomic E-state index is -0.184. The van der Waals surface area contributed by atoms with Gasteiger partial charge in [0.25, 0.3) is 5.91 Å². The molecule has 0 aliphatic rings. The molecule has 1 aromatic heterocycles. The van der Waals surface area contributed by atoms with Crippen LogP contribution in [0.25, 0.3) is 0 Å². The highest BCUT2D eigenvalue weighted by atomic mass is 79.9. The fourth-order valence-corrected chi connectivity index (χ4v) is 2.77. The Labute approximate surface area is 130 Å². The van der Waals surface area contributed by atoms with E-state index in [0.717, 1.165) is 16.3 Å². The molecule has 5 heteroatoms. The number of para-hydroxylation sites is 1. The van der Waals surface area contributed by atoms with Gasteiger partial charge in [-0.05, 0) is 40.2 Å². The molecule has 0 aliphatic heterocycles. The van der Waals surface area contributed by atoms with E-state index < -0.39 is 0 Å². The van der Waals surface area contributed by atoms with Crippen LogP contribution in [0.3, 0.4) is 0 Å². The summed E-state index contributed by atoms with van der Waals surface area (Å²) in [5, 5.41) is 2.91. The summed E-state index contributed by atoms with van der Waals surface area (Å²) in [7, 11) is 0. The lowest BCUT2D eigenvalue weighted by atomic mass is 10.2. The summed E-state index contributed by atoms with van der Waals surface area (Å²) in [6, 6.07) is 11.2. The van der Waals surface area contributed by atoms with Crippen LogP contribution in [0.1, 0.15) is 10.4 Å². The van der Waals surface area contributed by atoms with E-state index in [9.17, 15) is 4.79 Å². The number of nitrogens with one attached hydrogen (secondary N) is 1. The van der Waals surface area contributed by atoms with Crippen molar-refractivity contribution in [1.82, 2.24) is 4.98 Å². The van der Waals surface area contributed by atoms with Crippen LogP contribution in [-0.2, 0) is 0 Å². The number of amides is 1. The van der Waals surface area contributed by atoms with Crippen molar-refractivity contribution >= 4 is 39.3 Å². The van der Waals surface area contributed by atoms with Gasteiger partial charge in [-0.15, -0.1) is 18.3 Å². The minimum absolute atomic E-state index is 0.184. The molecular formula is C15H13BrN2OS. The van der Waals surface area contributed by atoms with Gasteiger partial charge in [0.1, 0.15) is 4.60 Å². The molecular weight excluding hydrogens is 336 g/mol. The molecule has 2 rings (SSSR count). The number of anilines is 1. The van der Waals surface area contributed by atoms with Gasteiger partial charge in [0, 0.05) is 16.8 Å². The average Bonchev–Trinajstić information content (AvgIpc) is 2.46. The number of carbonyl (C=O) groups is 1. The molecule has 2 aromatic rings. The van der Waals surface area contributed by atoms with E-state index in [1.807, 2.05) is 30.3 Å².